The van der Waals surface area contributed by atoms with Crippen LogP contribution in [0.4, 0.5) is 0 Å². The molecule has 1 heterocycles. The van der Waals surface area contributed by atoms with E-state index < -0.39 is 6.10 Å². The molecular weight excluding hydrogens is 240 g/mol. The van der Waals surface area contributed by atoms with Gasteiger partial charge in [0.25, 0.3) is 0 Å². The average molecular weight is 260 g/mol. The largest absolute Gasteiger partial charge is 0.385 e. The molecule has 1 atom stereocenters. The van der Waals surface area contributed by atoms with Crippen molar-refractivity contribution in [3.63, 3.8) is 0 Å². The summed E-state index contributed by atoms with van der Waals surface area (Å²) in [5.74, 6) is 0.393. The molecular formula is C15H20N2O2. The molecule has 0 aliphatic carbocycles. The number of benzene rings is 1. The van der Waals surface area contributed by atoms with Crippen molar-refractivity contribution >= 4 is 0 Å². The van der Waals surface area contributed by atoms with Crippen molar-refractivity contribution in [2.75, 3.05) is 0 Å². The van der Waals surface area contributed by atoms with E-state index in [4.69, 9.17) is 0 Å². The lowest BCUT2D eigenvalue weighted by Crippen LogP contribution is -1.99. The highest BCUT2D eigenvalue weighted by Crippen LogP contribution is 2.16. The van der Waals surface area contributed by atoms with Crippen molar-refractivity contribution < 1.29 is 9.63 Å². The van der Waals surface area contributed by atoms with Crippen molar-refractivity contribution in [3.8, 4) is 0 Å². The van der Waals surface area contributed by atoms with Crippen LogP contribution >= 0.6 is 0 Å². The van der Waals surface area contributed by atoms with Gasteiger partial charge in [0.05, 0.1) is 0 Å². The molecule has 2 aromatic rings. The van der Waals surface area contributed by atoms with Crippen LogP contribution in [0.5, 0.6) is 0 Å². The summed E-state index contributed by atoms with van der Waals surface area (Å²) in [5.41, 5.74) is 1.40. The van der Waals surface area contributed by atoms with Crippen LogP contribution in [0.15, 0.2) is 41.2 Å². The smallest absolute Gasteiger partial charge is 0.213 e. The third kappa shape index (κ3) is 4.83. The molecule has 0 aliphatic heterocycles. The monoisotopic (exact) mass is 260 g/mol. The molecule has 0 bridgehead atoms. The van der Waals surface area contributed by atoms with E-state index in [1.807, 2.05) is 6.07 Å². The van der Waals surface area contributed by atoms with Gasteiger partial charge in [-0.25, -0.2) is 0 Å². The highest BCUT2D eigenvalue weighted by Gasteiger charge is 2.11. The maximum atomic E-state index is 9.76. The van der Waals surface area contributed by atoms with Gasteiger partial charge in [-0.15, -0.1) is 0 Å². The second-order valence-corrected chi connectivity index (χ2v) is 4.74. The van der Waals surface area contributed by atoms with Crippen LogP contribution in [0, 0.1) is 0 Å². The quantitative estimate of drug-likeness (QED) is 0.740. The Labute approximate surface area is 113 Å². The topological polar surface area (TPSA) is 59.2 Å². The van der Waals surface area contributed by atoms with Gasteiger partial charge in [0, 0.05) is 0 Å². The molecule has 0 radical (unpaired) electrons. The molecule has 0 spiro atoms. The highest BCUT2D eigenvalue weighted by molar-refractivity contribution is 5.14. The first-order valence-electron chi connectivity index (χ1n) is 6.84. The first kappa shape index (κ1) is 13.7. The van der Waals surface area contributed by atoms with Gasteiger partial charge in [-0.2, -0.15) is 4.98 Å². The number of aromatic nitrogens is 2. The number of aliphatic hydroxyl groups is 1. The predicted molar refractivity (Wildman–Crippen MR) is 72.5 cm³/mol. The molecule has 19 heavy (non-hydrogen) atoms. The SMILES string of the molecule is OC(CCCCCCc1ccccc1)c1ncon1. The summed E-state index contributed by atoms with van der Waals surface area (Å²) in [6.45, 7) is 0. The first-order chi connectivity index (χ1) is 9.36. The van der Waals surface area contributed by atoms with E-state index in [2.05, 4.69) is 38.9 Å². The summed E-state index contributed by atoms with van der Waals surface area (Å²) in [5, 5.41) is 13.4. The van der Waals surface area contributed by atoms with E-state index in [0.29, 0.717) is 12.2 Å². The number of hydrogen-bond acceptors (Lipinski definition) is 4. The van der Waals surface area contributed by atoms with Gasteiger partial charge in [-0.05, 0) is 24.8 Å². The Morgan fingerprint density at radius 3 is 2.58 bits per heavy atom. The Morgan fingerprint density at radius 2 is 1.84 bits per heavy atom. The third-order valence-electron chi connectivity index (χ3n) is 3.21. The van der Waals surface area contributed by atoms with E-state index in [1.54, 1.807) is 0 Å². The standard InChI is InChI=1S/C15H20N2O2/c18-14(15-16-12-19-17-15)11-7-2-1-4-8-13-9-5-3-6-10-13/h3,5-6,9-10,12,14,18H,1-2,4,7-8,11H2. The molecule has 0 saturated heterocycles. The van der Waals surface area contributed by atoms with Crippen molar-refractivity contribution in [2.45, 2.75) is 44.6 Å². The van der Waals surface area contributed by atoms with Gasteiger partial charge in [-0.1, -0.05) is 54.8 Å². The lowest BCUT2D eigenvalue weighted by Gasteiger charge is -2.05. The van der Waals surface area contributed by atoms with Gasteiger partial charge in [0.15, 0.2) is 5.82 Å². The molecule has 0 fully saturated rings. The maximum Gasteiger partial charge on any atom is 0.213 e. The number of aliphatic hydroxyl groups excluding tert-OH is 1. The molecule has 1 aromatic heterocycles. The normalized spacial score (nSPS) is 12.5. The molecule has 0 aliphatic rings. The van der Waals surface area contributed by atoms with E-state index in [-0.39, 0.29) is 0 Å². The van der Waals surface area contributed by atoms with Crippen molar-refractivity contribution in [3.05, 3.63) is 48.1 Å². The highest BCUT2D eigenvalue weighted by atomic mass is 16.5. The Hall–Kier alpha value is -1.68. The van der Waals surface area contributed by atoms with Crippen LogP contribution in [0.3, 0.4) is 0 Å². The van der Waals surface area contributed by atoms with Crippen LogP contribution < -0.4 is 0 Å². The second kappa shape index (κ2) is 7.69. The van der Waals surface area contributed by atoms with Crippen LogP contribution in [0.1, 0.15) is 49.6 Å². The number of unbranched alkanes of at least 4 members (excludes halogenated alkanes) is 3. The van der Waals surface area contributed by atoms with Crippen molar-refractivity contribution in [2.24, 2.45) is 0 Å². The zero-order valence-electron chi connectivity index (χ0n) is 11.0. The molecule has 2 rings (SSSR count). The first-order valence-corrected chi connectivity index (χ1v) is 6.84. The number of aryl methyl sites for hydroxylation is 1. The minimum absolute atomic E-state index is 0.393. The summed E-state index contributed by atoms with van der Waals surface area (Å²) < 4.78 is 4.61. The molecule has 4 nitrogen and oxygen atoms in total. The van der Waals surface area contributed by atoms with Gasteiger partial charge in [-0.3, -0.25) is 0 Å². The van der Waals surface area contributed by atoms with E-state index in [0.717, 1.165) is 19.3 Å². The lowest BCUT2D eigenvalue weighted by atomic mass is 10.0. The summed E-state index contributed by atoms with van der Waals surface area (Å²) in [7, 11) is 0. The fourth-order valence-electron chi connectivity index (χ4n) is 2.12. The maximum absolute atomic E-state index is 9.76. The van der Waals surface area contributed by atoms with Gasteiger partial charge in [0.1, 0.15) is 6.10 Å². The predicted octanol–water partition coefficient (Wildman–Crippen LogP) is 3.30. The summed E-state index contributed by atoms with van der Waals surface area (Å²) in [4.78, 5) is 3.84. The van der Waals surface area contributed by atoms with Crippen molar-refractivity contribution in [1.29, 1.82) is 0 Å². The van der Waals surface area contributed by atoms with Crippen LogP contribution in [0.25, 0.3) is 0 Å². The zero-order valence-corrected chi connectivity index (χ0v) is 11.0. The van der Waals surface area contributed by atoms with Gasteiger partial charge in [0.2, 0.25) is 6.39 Å². The summed E-state index contributed by atoms with van der Waals surface area (Å²) >= 11 is 0. The number of hydrogen-bond donors (Lipinski definition) is 1. The van der Waals surface area contributed by atoms with Gasteiger partial charge < -0.3 is 9.63 Å². The fourth-order valence-corrected chi connectivity index (χ4v) is 2.12. The van der Waals surface area contributed by atoms with Gasteiger partial charge >= 0.3 is 0 Å². The average Bonchev–Trinajstić information content (AvgIpc) is 2.98. The zero-order chi connectivity index (χ0) is 13.3. The molecule has 0 saturated carbocycles. The Kier molecular flexibility index (Phi) is 5.56. The molecule has 1 N–H and O–H groups in total. The second-order valence-electron chi connectivity index (χ2n) is 4.74. The fraction of sp³-hybridized carbons (Fsp3) is 0.467. The summed E-state index contributed by atoms with van der Waals surface area (Å²) in [6.07, 6.45) is 6.99. The lowest BCUT2D eigenvalue weighted by molar-refractivity contribution is 0.150. The molecule has 102 valence electrons. The van der Waals surface area contributed by atoms with Crippen LogP contribution in [-0.4, -0.2) is 15.2 Å². The minimum atomic E-state index is -0.590. The molecule has 1 aromatic carbocycles. The van der Waals surface area contributed by atoms with E-state index >= 15 is 0 Å². The molecule has 0 amide bonds. The summed E-state index contributed by atoms with van der Waals surface area (Å²) in [6, 6.07) is 10.5. The number of nitrogens with zero attached hydrogens (tertiary/aromatic N) is 2. The van der Waals surface area contributed by atoms with Crippen LogP contribution in [0.2, 0.25) is 0 Å². The Bertz CT molecular complexity index is 442. The Morgan fingerprint density at radius 1 is 1.05 bits per heavy atom. The molecule has 4 heteroatoms. The third-order valence-corrected chi connectivity index (χ3v) is 3.21. The number of rotatable bonds is 8. The van der Waals surface area contributed by atoms with E-state index in [9.17, 15) is 5.11 Å². The van der Waals surface area contributed by atoms with Crippen LogP contribution in [-0.2, 0) is 6.42 Å². The Balaban J connectivity index is 1.53. The van der Waals surface area contributed by atoms with E-state index in [1.165, 1.54) is 24.8 Å². The van der Waals surface area contributed by atoms with Crippen molar-refractivity contribution in [1.82, 2.24) is 10.1 Å². The molecule has 1 unspecified atom stereocenters. The minimum Gasteiger partial charge on any atom is -0.385 e.